The number of aryl methyl sites for hydroxylation is 1. The van der Waals surface area contributed by atoms with E-state index >= 15 is 0 Å². The zero-order valence-electron chi connectivity index (χ0n) is 24.1. The minimum Gasteiger partial charge on any atom is -0.488 e. The van der Waals surface area contributed by atoms with Gasteiger partial charge in [-0.15, -0.1) is 0 Å². The number of ketones is 1. The van der Waals surface area contributed by atoms with Crippen molar-refractivity contribution in [3.05, 3.63) is 17.7 Å². The van der Waals surface area contributed by atoms with E-state index in [1.54, 1.807) is 4.90 Å². The summed E-state index contributed by atoms with van der Waals surface area (Å²) in [5.74, 6) is 0.975. The molecule has 1 saturated carbocycles. The SMILES string of the molecule is CC(C)(C)OC(=O)N1CC2CC(=O)CC(C1)O2.Cc1cc(N)c(OC2CC2)cc1B1OC(C)(C)C(C)(C)O1. The Morgan fingerprint density at radius 1 is 1.05 bits per heavy atom. The third kappa shape index (κ3) is 6.82. The fraction of sp³-hybridized carbons (Fsp3) is 0.714. The van der Waals surface area contributed by atoms with E-state index in [2.05, 4.69) is 27.7 Å². The molecule has 4 aliphatic rings. The number of Topliss-reactive ketones (excluding diaryl/α,β-unsaturated/α-hetero) is 1. The van der Waals surface area contributed by atoms with Gasteiger partial charge in [-0.3, -0.25) is 4.79 Å². The highest BCUT2D eigenvalue weighted by molar-refractivity contribution is 6.62. The Morgan fingerprint density at radius 2 is 1.61 bits per heavy atom. The van der Waals surface area contributed by atoms with Crippen molar-refractivity contribution in [1.29, 1.82) is 0 Å². The maximum absolute atomic E-state index is 11.9. The van der Waals surface area contributed by atoms with Crippen molar-refractivity contribution in [3.8, 4) is 5.75 Å². The topological polar surface area (TPSA) is 110 Å². The van der Waals surface area contributed by atoms with Gasteiger partial charge in [0.05, 0.1) is 48.3 Å². The number of carbonyl (C=O) groups excluding carboxylic acids is 2. The first-order valence-electron chi connectivity index (χ1n) is 13.6. The van der Waals surface area contributed by atoms with Gasteiger partial charge in [-0.2, -0.15) is 0 Å². The summed E-state index contributed by atoms with van der Waals surface area (Å²) in [6, 6.07) is 3.92. The molecule has 1 aromatic carbocycles. The van der Waals surface area contributed by atoms with Crippen molar-refractivity contribution in [2.75, 3.05) is 18.8 Å². The second-order valence-corrected chi connectivity index (χ2v) is 12.9. The van der Waals surface area contributed by atoms with E-state index in [4.69, 9.17) is 29.3 Å². The van der Waals surface area contributed by atoms with Crippen LogP contribution in [0.5, 0.6) is 5.75 Å². The molecule has 3 saturated heterocycles. The van der Waals surface area contributed by atoms with Crippen LogP contribution < -0.4 is 15.9 Å². The quantitative estimate of drug-likeness (QED) is 0.465. The number of hydrogen-bond acceptors (Lipinski definition) is 8. The Labute approximate surface area is 226 Å². The molecular formula is C28H43BN2O7. The van der Waals surface area contributed by atoms with Crippen molar-refractivity contribution in [1.82, 2.24) is 4.90 Å². The van der Waals surface area contributed by atoms with E-state index in [9.17, 15) is 9.59 Å². The van der Waals surface area contributed by atoms with E-state index in [0.29, 0.717) is 37.7 Å². The number of fused-ring (bicyclic) bond motifs is 2. The van der Waals surface area contributed by atoms with Gasteiger partial charge in [-0.1, -0.05) is 0 Å². The summed E-state index contributed by atoms with van der Waals surface area (Å²) < 4.78 is 29.1. The predicted molar refractivity (Wildman–Crippen MR) is 146 cm³/mol. The van der Waals surface area contributed by atoms with Crippen LogP contribution in [0.3, 0.4) is 0 Å². The van der Waals surface area contributed by atoms with Crippen molar-refractivity contribution >= 4 is 30.1 Å². The van der Waals surface area contributed by atoms with Crippen LogP contribution in [-0.2, 0) is 23.6 Å². The van der Waals surface area contributed by atoms with Gasteiger partial charge in [0, 0.05) is 12.8 Å². The van der Waals surface area contributed by atoms with E-state index in [-0.39, 0.29) is 42.4 Å². The second kappa shape index (κ2) is 10.4. The minimum absolute atomic E-state index is 0.150. The minimum atomic E-state index is -0.486. The molecule has 5 rings (SSSR count). The van der Waals surface area contributed by atoms with Gasteiger partial charge < -0.3 is 34.2 Å². The Bertz CT molecular complexity index is 1030. The number of amides is 1. The van der Waals surface area contributed by atoms with E-state index in [1.807, 2.05) is 39.8 Å². The smallest absolute Gasteiger partial charge is 0.488 e. The van der Waals surface area contributed by atoms with E-state index in [0.717, 1.165) is 29.6 Å². The Hall–Kier alpha value is -2.30. The number of nitrogens with two attached hydrogens (primary N) is 1. The Balaban J connectivity index is 0.000000181. The van der Waals surface area contributed by atoms with Crippen molar-refractivity contribution in [2.24, 2.45) is 0 Å². The average molecular weight is 530 g/mol. The molecule has 1 aliphatic carbocycles. The number of hydrogen-bond donors (Lipinski definition) is 1. The number of ether oxygens (including phenoxy) is 3. The van der Waals surface area contributed by atoms with Crippen molar-refractivity contribution in [3.63, 3.8) is 0 Å². The molecule has 0 radical (unpaired) electrons. The lowest BCUT2D eigenvalue weighted by atomic mass is 9.76. The van der Waals surface area contributed by atoms with Crippen LogP contribution in [0, 0.1) is 6.92 Å². The number of likely N-dealkylation sites (tertiary alicyclic amines) is 1. The highest BCUT2D eigenvalue weighted by Gasteiger charge is 2.52. The van der Waals surface area contributed by atoms with Crippen LogP contribution in [0.25, 0.3) is 0 Å². The molecule has 10 heteroatoms. The third-order valence-electron chi connectivity index (χ3n) is 7.52. The number of morpholine rings is 1. The molecule has 2 atom stereocenters. The molecule has 0 aromatic heterocycles. The summed E-state index contributed by atoms with van der Waals surface area (Å²) >= 11 is 0. The van der Waals surface area contributed by atoms with Gasteiger partial charge in [0.25, 0.3) is 0 Å². The van der Waals surface area contributed by atoms with E-state index in [1.165, 1.54) is 0 Å². The lowest BCUT2D eigenvalue weighted by molar-refractivity contribution is -0.147. The summed E-state index contributed by atoms with van der Waals surface area (Å²) in [7, 11) is -0.378. The standard InChI is InChI=1S/C16H24BNO3.C12H19NO4/c1-10-8-13(18)14(19-11-6-7-11)9-12(10)17-20-15(2,3)16(4,5)21-17;1-12(2,3)17-11(15)13-6-9-4-8(14)5-10(7-13)16-9/h8-9,11H,6-7,18H2,1-5H3;9-10H,4-7H2,1-3H3. The molecule has 2 N–H and O–H groups in total. The lowest BCUT2D eigenvalue weighted by Crippen LogP contribution is -2.54. The second-order valence-electron chi connectivity index (χ2n) is 12.9. The number of benzene rings is 1. The molecule has 2 bridgehead atoms. The average Bonchev–Trinajstić information content (AvgIpc) is 3.53. The zero-order valence-corrected chi connectivity index (χ0v) is 24.1. The number of anilines is 1. The van der Waals surface area contributed by atoms with Gasteiger partial charge in [0.2, 0.25) is 0 Å². The highest BCUT2D eigenvalue weighted by Crippen LogP contribution is 2.38. The van der Waals surface area contributed by atoms with Gasteiger partial charge >= 0.3 is 13.2 Å². The number of carbonyl (C=O) groups is 2. The molecule has 3 heterocycles. The first-order valence-corrected chi connectivity index (χ1v) is 13.6. The van der Waals surface area contributed by atoms with Crippen LogP contribution in [0.2, 0.25) is 0 Å². The molecule has 38 heavy (non-hydrogen) atoms. The van der Waals surface area contributed by atoms with Crippen LogP contribution >= 0.6 is 0 Å². The maximum atomic E-state index is 11.9. The summed E-state index contributed by atoms with van der Waals surface area (Å²) in [5, 5.41) is 0. The number of rotatable bonds is 3. The maximum Gasteiger partial charge on any atom is 0.495 e. The van der Waals surface area contributed by atoms with E-state index < -0.39 is 5.60 Å². The third-order valence-corrected chi connectivity index (χ3v) is 7.52. The molecule has 3 aliphatic heterocycles. The van der Waals surface area contributed by atoms with Crippen molar-refractivity contribution in [2.45, 2.75) is 116 Å². The predicted octanol–water partition coefficient (Wildman–Crippen LogP) is 3.77. The normalized spacial score (nSPS) is 25.9. The molecule has 0 spiro atoms. The fourth-order valence-corrected chi connectivity index (χ4v) is 4.63. The molecule has 1 amide bonds. The first kappa shape index (κ1) is 28.7. The van der Waals surface area contributed by atoms with Crippen LogP contribution in [-0.4, -0.2) is 72.1 Å². The molecule has 9 nitrogen and oxygen atoms in total. The first-order chi connectivity index (χ1) is 17.5. The van der Waals surface area contributed by atoms with Crippen LogP contribution in [0.1, 0.15) is 79.7 Å². The number of nitrogens with zero attached hydrogens (tertiary/aromatic N) is 1. The summed E-state index contributed by atoms with van der Waals surface area (Å²) in [5.41, 5.74) is 7.63. The van der Waals surface area contributed by atoms with Crippen LogP contribution in [0.15, 0.2) is 12.1 Å². The van der Waals surface area contributed by atoms with Gasteiger partial charge in [-0.25, -0.2) is 4.79 Å². The fourth-order valence-electron chi connectivity index (χ4n) is 4.63. The molecule has 1 aromatic rings. The number of nitrogen functional groups attached to an aromatic ring is 1. The highest BCUT2D eigenvalue weighted by atomic mass is 16.7. The van der Waals surface area contributed by atoms with Crippen molar-refractivity contribution < 1.29 is 33.1 Å². The monoisotopic (exact) mass is 530 g/mol. The van der Waals surface area contributed by atoms with Crippen LogP contribution in [0.4, 0.5) is 10.5 Å². The lowest BCUT2D eigenvalue weighted by Gasteiger charge is -2.41. The van der Waals surface area contributed by atoms with Gasteiger partial charge in [0.15, 0.2) is 0 Å². The zero-order chi connectivity index (χ0) is 28.0. The summed E-state index contributed by atoms with van der Waals surface area (Å²) in [6.07, 6.45) is 2.75. The molecular weight excluding hydrogens is 487 g/mol. The summed E-state index contributed by atoms with van der Waals surface area (Å²) in [6.45, 7) is 16.7. The molecule has 210 valence electrons. The molecule has 4 fully saturated rings. The Kier molecular flexibility index (Phi) is 7.82. The van der Waals surface area contributed by atoms with Gasteiger partial charge in [-0.05, 0) is 91.4 Å². The Morgan fingerprint density at radius 3 is 2.11 bits per heavy atom. The largest absolute Gasteiger partial charge is 0.495 e. The van der Waals surface area contributed by atoms with Gasteiger partial charge in [0.1, 0.15) is 17.1 Å². The summed E-state index contributed by atoms with van der Waals surface area (Å²) in [4.78, 5) is 24.9. The molecule has 2 unspecified atom stereocenters.